The van der Waals surface area contributed by atoms with Crippen LogP contribution in [0.1, 0.15) is 17.5 Å². The molecule has 17 heavy (non-hydrogen) atoms. The van der Waals surface area contributed by atoms with Crippen molar-refractivity contribution in [2.24, 2.45) is 0 Å². The van der Waals surface area contributed by atoms with Crippen LogP contribution < -0.4 is 5.32 Å². The summed E-state index contributed by atoms with van der Waals surface area (Å²) in [5.41, 5.74) is 2.48. The van der Waals surface area contributed by atoms with Crippen molar-refractivity contribution in [1.29, 1.82) is 0 Å². The largest absolute Gasteiger partial charge is 0.388 e. The Hall–Kier alpha value is -0.510. The van der Waals surface area contributed by atoms with E-state index < -0.39 is 5.60 Å². The molecule has 3 heteroatoms. The summed E-state index contributed by atoms with van der Waals surface area (Å²) in [6.45, 7) is 0.749. The second kappa shape index (κ2) is 4.63. The molecule has 0 aromatic heterocycles. The highest BCUT2D eigenvalue weighted by atomic mass is 32.2. The quantitative estimate of drug-likeness (QED) is 0.853. The standard InChI is InChI=1S/C14H19NOS/c16-14(5-6-17-10-14)9-15-13-7-11-3-1-2-4-12(11)8-13/h1-4,13,15-16H,5-10H2. The van der Waals surface area contributed by atoms with Crippen molar-refractivity contribution in [3.63, 3.8) is 0 Å². The molecule has 1 heterocycles. The van der Waals surface area contributed by atoms with Crippen molar-refractivity contribution in [2.45, 2.75) is 30.9 Å². The number of hydrogen-bond donors (Lipinski definition) is 2. The van der Waals surface area contributed by atoms with Gasteiger partial charge in [0.1, 0.15) is 0 Å². The zero-order valence-electron chi connectivity index (χ0n) is 9.98. The fourth-order valence-electron chi connectivity index (χ4n) is 2.77. The van der Waals surface area contributed by atoms with Gasteiger partial charge in [-0.25, -0.2) is 0 Å². The maximum atomic E-state index is 10.3. The van der Waals surface area contributed by atoms with E-state index in [1.54, 1.807) is 0 Å². The number of thioether (sulfide) groups is 1. The van der Waals surface area contributed by atoms with Gasteiger partial charge in [0.2, 0.25) is 0 Å². The van der Waals surface area contributed by atoms with Crippen LogP contribution in [0.25, 0.3) is 0 Å². The van der Waals surface area contributed by atoms with Gasteiger partial charge < -0.3 is 10.4 Å². The highest BCUT2D eigenvalue weighted by molar-refractivity contribution is 7.99. The van der Waals surface area contributed by atoms with Crippen LogP contribution in [-0.2, 0) is 12.8 Å². The minimum absolute atomic E-state index is 0.459. The summed E-state index contributed by atoms with van der Waals surface area (Å²) in [5, 5.41) is 13.8. The Balaban J connectivity index is 1.55. The average Bonchev–Trinajstić information content (AvgIpc) is 2.93. The van der Waals surface area contributed by atoms with Crippen LogP contribution in [0.4, 0.5) is 0 Å². The Morgan fingerprint density at radius 2 is 2.00 bits per heavy atom. The van der Waals surface area contributed by atoms with Crippen molar-refractivity contribution in [2.75, 3.05) is 18.1 Å². The molecular formula is C14H19NOS. The number of benzene rings is 1. The molecule has 1 aliphatic heterocycles. The molecule has 0 bridgehead atoms. The van der Waals surface area contributed by atoms with Crippen molar-refractivity contribution >= 4 is 11.8 Å². The highest BCUT2D eigenvalue weighted by Gasteiger charge is 2.32. The van der Waals surface area contributed by atoms with Gasteiger partial charge in [0.05, 0.1) is 5.60 Å². The van der Waals surface area contributed by atoms with Crippen LogP contribution in [0, 0.1) is 0 Å². The first-order valence-corrected chi connectivity index (χ1v) is 7.51. The molecule has 1 aliphatic carbocycles. The van der Waals surface area contributed by atoms with Gasteiger partial charge in [0.25, 0.3) is 0 Å². The Bertz CT molecular complexity index is 376. The predicted molar refractivity (Wildman–Crippen MR) is 72.5 cm³/mol. The molecule has 2 nitrogen and oxygen atoms in total. The van der Waals surface area contributed by atoms with E-state index in [1.807, 2.05) is 11.8 Å². The molecular weight excluding hydrogens is 230 g/mol. The molecule has 2 N–H and O–H groups in total. The van der Waals surface area contributed by atoms with Crippen molar-refractivity contribution < 1.29 is 5.11 Å². The number of fused-ring (bicyclic) bond motifs is 1. The van der Waals surface area contributed by atoms with Crippen LogP contribution in [-0.4, -0.2) is 34.8 Å². The molecule has 1 fully saturated rings. The lowest BCUT2D eigenvalue weighted by atomic mass is 10.0. The van der Waals surface area contributed by atoms with Crippen LogP contribution in [0.5, 0.6) is 0 Å². The lowest BCUT2D eigenvalue weighted by Gasteiger charge is -2.24. The number of rotatable bonds is 3. The van der Waals surface area contributed by atoms with E-state index in [-0.39, 0.29) is 0 Å². The summed E-state index contributed by atoms with van der Waals surface area (Å²) in [6, 6.07) is 9.18. The molecule has 0 spiro atoms. The van der Waals surface area contributed by atoms with Crippen LogP contribution in [0.15, 0.2) is 24.3 Å². The van der Waals surface area contributed by atoms with Crippen LogP contribution >= 0.6 is 11.8 Å². The van der Waals surface area contributed by atoms with Gasteiger partial charge >= 0.3 is 0 Å². The van der Waals surface area contributed by atoms with Crippen molar-refractivity contribution in [3.05, 3.63) is 35.4 Å². The molecule has 3 rings (SSSR count). The number of hydrogen-bond acceptors (Lipinski definition) is 3. The van der Waals surface area contributed by atoms with Gasteiger partial charge in [-0.15, -0.1) is 0 Å². The first-order chi connectivity index (χ1) is 8.25. The second-order valence-corrected chi connectivity index (χ2v) is 6.39. The summed E-state index contributed by atoms with van der Waals surface area (Å²) in [5.74, 6) is 1.99. The van der Waals surface area contributed by atoms with E-state index in [2.05, 4.69) is 29.6 Å². The molecule has 0 radical (unpaired) electrons. The van der Waals surface area contributed by atoms with Gasteiger partial charge in [-0.1, -0.05) is 24.3 Å². The van der Waals surface area contributed by atoms with Gasteiger partial charge in [0.15, 0.2) is 0 Å². The van der Waals surface area contributed by atoms with E-state index in [0.717, 1.165) is 37.3 Å². The number of nitrogens with one attached hydrogen (secondary N) is 1. The molecule has 1 aromatic rings. The maximum absolute atomic E-state index is 10.3. The minimum atomic E-state index is -0.459. The monoisotopic (exact) mass is 249 g/mol. The van der Waals surface area contributed by atoms with Crippen molar-refractivity contribution in [1.82, 2.24) is 5.32 Å². The summed E-state index contributed by atoms with van der Waals surface area (Å²) < 4.78 is 0. The van der Waals surface area contributed by atoms with Gasteiger partial charge in [-0.3, -0.25) is 0 Å². The molecule has 1 atom stereocenters. The molecule has 0 saturated carbocycles. The summed E-state index contributed by atoms with van der Waals surface area (Å²) >= 11 is 1.86. The lowest BCUT2D eigenvalue weighted by Crippen LogP contribution is -2.44. The minimum Gasteiger partial charge on any atom is -0.388 e. The molecule has 92 valence electrons. The Kier molecular flexibility index (Phi) is 3.16. The average molecular weight is 249 g/mol. The van der Waals surface area contributed by atoms with E-state index in [4.69, 9.17) is 0 Å². The third kappa shape index (κ3) is 2.51. The molecule has 1 aromatic carbocycles. The molecule has 0 amide bonds. The number of aliphatic hydroxyl groups is 1. The first-order valence-electron chi connectivity index (χ1n) is 6.35. The molecule has 1 saturated heterocycles. The Labute approximate surface area is 107 Å². The smallest absolute Gasteiger partial charge is 0.0869 e. The SMILES string of the molecule is OC1(CNC2Cc3ccccc3C2)CCSC1. The maximum Gasteiger partial charge on any atom is 0.0869 e. The third-order valence-electron chi connectivity index (χ3n) is 3.85. The van der Waals surface area contributed by atoms with E-state index in [1.165, 1.54) is 11.1 Å². The van der Waals surface area contributed by atoms with Gasteiger partial charge in [0, 0.05) is 18.3 Å². The predicted octanol–water partition coefficient (Wildman–Crippen LogP) is 1.61. The normalized spacial score (nSPS) is 28.5. The lowest BCUT2D eigenvalue weighted by molar-refractivity contribution is 0.0649. The zero-order chi connectivity index (χ0) is 11.7. The summed E-state index contributed by atoms with van der Waals surface area (Å²) in [7, 11) is 0. The zero-order valence-corrected chi connectivity index (χ0v) is 10.8. The van der Waals surface area contributed by atoms with Crippen molar-refractivity contribution in [3.8, 4) is 0 Å². The third-order valence-corrected chi connectivity index (χ3v) is 5.09. The van der Waals surface area contributed by atoms with Crippen LogP contribution in [0.3, 0.4) is 0 Å². The van der Waals surface area contributed by atoms with Gasteiger partial charge in [-0.2, -0.15) is 11.8 Å². The summed E-state index contributed by atoms with van der Waals surface area (Å²) in [6.07, 6.45) is 3.16. The van der Waals surface area contributed by atoms with E-state index >= 15 is 0 Å². The van der Waals surface area contributed by atoms with Gasteiger partial charge in [-0.05, 0) is 36.1 Å². The Morgan fingerprint density at radius 1 is 1.29 bits per heavy atom. The molecule has 2 aliphatic rings. The van der Waals surface area contributed by atoms with E-state index in [9.17, 15) is 5.11 Å². The second-order valence-electron chi connectivity index (χ2n) is 5.28. The first kappa shape index (κ1) is 11.6. The fraction of sp³-hybridized carbons (Fsp3) is 0.571. The Morgan fingerprint density at radius 3 is 2.59 bits per heavy atom. The fourth-order valence-corrected chi connectivity index (χ4v) is 4.07. The topological polar surface area (TPSA) is 32.3 Å². The molecule has 1 unspecified atom stereocenters. The van der Waals surface area contributed by atoms with Crippen LogP contribution in [0.2, 0.25) is 0 Å². The van der Waals surface area contributed by atoms with E-state index in [0.29, 0.717) is 6.04 Å². The highest BCUT2D eigenvalue weighted by Crippen LogP contribution is 2.28. The summed E-state index contributed by atoms with van der Waals surface area (Å²) in [4.78, 5) is 0.